The minimum absolute atomic E-state index is 0.0569. The van der Waals surface area contributed by atoms with E-state index in [-0.39, 0.29) is 11.4 Å². The van der Waals surface area contributed by atoms with Crippen LogP contribution in [0.15, 0.2) is 23.3 Å². The van der Waals surface area contributed by atoms with Gasteiger partial charge in [-0.15, -0.1) is 11.6 Å². The molecule has 0 saturated carbocycles. The minimum atomic E-state index is -0.191. The van der Waals surface area contributed by atoms with Gasteiger partial charge in [0, 0.05) is 44.1 Å². The number of nitrogen functional groups attached to an aromatic ring is 1. The number of ether oxygens (including phenoxy) is 2. The second kappa shape index (κ2) is 7.38. The maximum Gasteiger partial charge on any atom is 0.124 e. The van der Waals surface area contributed by atoms with Crippen LogP contribution in [0.3, 0.4) is 0 Å². The summed E-state index contributed by atoms with van der Waals surface area (Å²) < 4.78 is 11.4. The minimum Gasteiger partial charge on any atom is -0.492 e. The number of morpholine rings is 1. The topological polar surface area (TPSA) is 63.3 Å². The molecule has 23 heavy (non-hydrogen) atoms. The van der Waals surface area contributed by atoms with Crippen molar-refractivity contribution in [1.82, 2.24) is 9.91 Å². The first-order valence-corrected chi connectivity index (χ1v) is 8.32. The predicted octanol–water partition coefficient (Wildman–Crippen LogP) is 1.56. The molecule has 7 heteroatoms. The van der Waals surface area contributed by atoms with E-state index < -0.39 is 0 Å². The Balaban J connectivity index is 1.66. The number of halogens is 1. The summed E-state index contributed by atoms with van der Waals surface area (Å²) in [7, 11) is 1.91. The van der Waals surface area contributed by atoms with Gasteiger partial charge in [-0.05, 0) is 18.2 Å². The molecule has 126 valence electrons. The number of hydrazone groups is 1. The molecule has 2 aliphatic rings. The van der Waals surface area contributed by atoms with Crippen molar-refractivity contribution in [1.29, 1.82) is 0 Å². The van der Waals surface area contributed by atoms with E-state index in [4.69, 9.17) is 26.8 Å². The molecule has 2 aliphatic heterocycles. The van der Waals surface area contributed by atoms with Gasteiger partial charge in [-0.1, -0.05) is 0 Å². The summed E-state index contributed by atoms with van der Waals surface area (Å²) in [4.78, 5) is 2.34. The van der Waals surface area contributed by atoms with E-state index in [2.05, 4.69) is 10.0 Å². The third kappa shape index (κ3) is 3.88. The molecule has 0 radical (unpaired) electrons. The normalized spacial score (nSPS) is 25.0. The van der Waals surface area contributed by atoms with E-state index in [1.165, 1.54) is 0 Å². The van der Waals surface area contributed by atoms with E-state index in [1.807, 2.05) is 30.3 Å². The largest absolute Gasteiger partial charge is 0.492 e. The average Bonchev–Trinajstić information content (AvgIpc) is 2.89. The average molecular weight is 339 g/mol. The van der Waals surface area contributed by atoms with E-state index in [0.717, 1.165) is 44.2 Å². The first-order valence-electron chi connectivity index (χ1n) is 7.88. The number of hydrogen-bond acceptors (Lipinski definition) is 6. The van der Waals surface area contributed by atoms with Crippen molar-refractivity contribution in [2.45, 2.75) is 11.4 Å². The number of rotatable bonds is 5. The lowest BCUT2D eigenvalue weighted by Crippen LogP contribution is -2.38. The van der Waals surface area contributed by atoms with Gasteiger partial charge < -0.3 is 15.2 Å². The molecule has 2 heterocycles. The lowest BCUT2D eigenvalue weighted by atomic mass is 10.0. The first kappa shape index (κ1) is 16.4. The van der Waals surface area contributed by atoms with Gasteiger partial charge in [-0.25, -0.2) is 0 Å². The first-order chi connectivity index (χ1) is 11.1. The molecule has 0 aliphatic carbocycles. The van der Waals surface area contributed by atoms with Crippen LogP contribution < -0.4 is 10.5 Å². The Morgan fingerprint density at radius 1 is 1.39 bits per heavy atom. The molecule has 1 aromatic rings. The van der Waals surface area contributed by atoms with Gasteiger partial charge in [-0.3, -0.25) is 9.91 Å². The number of benzene rings is 1. The van der Waals surface area contributed by atoms with Crippen molar-refractivity contribution in [3.63, 3.8) is 0 Å². The Morgan fingerprint density at radius 2 is 2.17 bits per heavy atom. The molecule has 6 nitrogen and oxygen atoms in total. The number of anilines is 1. The van der Waals surface area contributed by atoms with Gasteiger partial charge in [0.25, 0.3) is 0 Å². The van der Waals surface area contributed by atoms with Gasteiger partial charge in [0.2, 0.25) is 0 Å². The zero-order valence-electron chi connectivity index (χ0n) is 13.3. The SMILES string of the molecule is CN1N=CC(Cl)C1c1cc(N)ccc1OCCN1CCOCC1. The van der Waals surface area contributed by atoms with E-state index in [9.17, 15) is 0 Å². The molecule has 0 spiro atoms. The highest BCUT2D eigenvalue weighted by atomic mass is 35.5. The van der Waals surface area contributed by atoms with Crippen LogP contribution in [0, 0.1) is 0 Å². The molecule has 1 fully saturated rings. The lowest BCUT2D eigenvalue weighted by molar-refractivity contribution is 0.0321. The monoisotopic (exact) mass is 338 g/mol. The molecule has 0 bridgehead atoms. The fourth-order valence-corrected chi connectivity index (χ4v) is 3.29. The van der Waals surface area contributed by atoms with Crippen molar-refractivity contribution in [2.24, 2.45) is 5.10 Å². The Labute approximate surface area is 141 Å². The van der Waals surface area contributed by atoms with Crippen LogP contribution in [-0.4, -0.2) is 68.0 Å². The Hall–Kier alpha value is -1.50. The molecule has 0 amide bonds. The van der Waals surface area contributed by atoms with Gasteiger partial charge >= 0.3 is 0 Å². The van der Waals surface area contributed by atoms with Crippen LogP contribution in [0.25, 0.3) is 0 Å². The van der Waals surface area contributed by atoms with Crippen LogP contribution in [0.2, 0.25) is 0 Å². The summed E-state index contributed by atoms with van der Waals surface area (Å²) in [5.74, 6) is 0.820. The number of nitrogens with two attached hydrogens (primary N) is 1. The van der Waals surface area contributed by atoms with Crippen LogP contribution in [0.1, 0.15) is 11.6 Å². The molecule has 2 atom stereocenters. The van der Waals surface area contributed by atoms with E-state index in [1.54, 1.807) is 6.21 Å². The number of nitrogens with zero attached hydrogens (tertiary/aromatic N) is 3. The molecule has 0 aromatic heterocycles. The molecule has 2 unspecified atom stereocenters. The highest BCUT2D eigenvalue weighted by molar-refractivity contribution is 6.29. The third-order valence-electron chi connectivity index (χ3n) is 4.22. The smallest absolute Gasteiger partial charge is 0.124 e. The molecular formula is C16H23ClN4O2. The second-order valence-corrected chi connectivity index (χ2v) is 6.33. The van der Waals surface area contributed by atoms with Gasteiger partial charge in [0.05, 0.1) is 24.6 Å². The zero-order chi connectivity index (χ0) is 16.2. The maximum atomic E-state index is 6.38. The van der Waals surface area contributed by atoms with E-state index >= 15 is 0 Å². The van der Waals surface area contributed by atoms with Crippen LogP contribution in [0.4, 0.5) is 5.69 Å². The van der Waals surface area contributed by atoms with Crippen molar-refractivity contribution in [2.75, 3.05) is 52.2 Å². The Bertz CT molecular complexity index is 551. The molecular weight excluding hydrogens is 316 g/mol. The van der Waals surface area contributed by atoms with Crippen molar-refractivity contribution >= 4 is 23.5 Å². The summed E-state index contributed by atoms with van der Waals surface area (Å²) in [5, 5.41) is 5.91. The summed E-state index contributed by atoms with van der Waals surface area (Å²) in [6, 6.07) is 5.64. The summed E-state index contributed by atoms with van der Waals surface area (Å²) >= 11 is 6.38. The lowest BCUT2D eigenvalue weighted by Gasteiger charge is -2.27. The fourth-order valence-electron chi connectivity index (χ4n) is 2.94. The summed E-state index contributed by atoms with van der Waals surface area (Å²) in [6.45, 7) is 5.02. The molecule has 3 rings (SSSR count). The fraction of sp³-hybridized carbons (Fsp3) is 0.562. The molecule has 2 N–H and O–H groups in total. The van der Waals surface area contributed by atoms with Crippen LogP contribution >= 0.6 is 11.6 Å². The summed E-state index contributed by atoms with van der Waals surface area (Å²) in [6.07, 6.45) is 1.74. The third-order valence-corrected chi connectivity index (χ3v) is 4.57. The van der Waals surface area contributed by atoms with E-state index in [0.29, 0.717) is 12.3 Å². The van der Waals surface area contributed by atoms with Crippen molar-refractivity contribution in [3.8, 4) is 5.75 Å². The maximum absolute atomic E-state index is 6.38. The Morgan fingerprint density at radius 3 is 2.87 bits per heavy atom. The van der Waals surface area contributed by atoms with Crippen molar-refractivity contribution in [3.05, 3.63) is 23.8 Å². The quantitative estimate of drug-likeness (QED) is 0.652. The standard InChI is InChI=1S/C16H23ClN4O2/c1-20-16(14(17)11-19-20)13-10-12(18)2-3-15(13)23-9-6-21-4-7-22-8-5-21/h2-3,10-11,14,16H,4-9,18H2,1H3. The van der Waals surface area contributed by atoms with Crippen LogP contribution in [0.5, 0.6) is 5.75 Å². The Kier molecular flexibility index (Phi) is 5.25. The highest BCUT2D eigenvalue weighted by Gasteiger charge is 2.31. The molecule has 1 aromatic carbocycles. The number of alkyl halides is 1. The predicted molar refractivity (Wildman–Crippen MR) is 92.2 cm³/mol. The summed E-state index contributed by atoms with van der Waals surface area (Å²) in [5.41, 5.74) is 7.63. The van der Waals surface area contributed by atoms with Gasteiger partial charge in [0.1, 0.15) is 12.4 Å². The second-order valence-electron chi connectivity index (χ2n) is 5.83. The van der Waals surface area contributed by atoms with Crippen molar-refractivity contribution < 1.29 is 9.47 Å². The zero-order valence-corrected chi connectivity index (χ0v) is 14.1. The highest BCUT2D eigenvalue weighted by Crippen LogP contribution is 2.37. The van der Waals surface area contributed by atoms with Gasteiger partial charge in [0.15, 0.2) is 0 Å². The van der Waals surface area contributed by atoms with Crippen LogP contribution in [-0.2, 0) is 4.74 Å². The van der Waals surface area contributed by atoms with Gasteiger partial charge in [-0.2, -0.15) is 5.10 Å². The molecule has 1 saturated heterocycles. The number of hydrogen-bond donors (Lipinski definition) is 1.